The number of nitriles is 1. The number of carbonyl (C=O) groups excluding carboxylic acids is 1. The number of rotatable bonds is 6. The fourth-order valence-electron chi connectivity index (χ4n) is 3.39. The van der Waals surface area contributed by atoms with Crippen molar-refractivity contribution in [1.82, 2.24) is 9.80 Å². The summed E-state index contributed by atoms with van der Waals surface area (Å²) in [5.74, 6) is 0.963. The van der Waals surface area contributed by atoms with E-state index >= 15 is 0 Å². The van der Waals surface area contributed by atoms with Gasteiger partial charge in [0.05, 0.1) is 19.1 Å². The van der Waals surface area contributed by atoms with Gasteiger partial charge in [-0.05, 0) is 30.2 Å². The fraction of sp³-hybridized carbons (Fsp3) is 0.364. The third kappa shape index (κ3) is 4.87. The summed E-state index contributed by atoms with van der Waals surface area (Å²) < 4.78 is 5.47. The Hall–Kier alpha value is -2.84. The van der Waals surface area contributed by atoms with Crippen LogP contribution in [0, 0.1) is 11.3 Å². The Labute approximate surface area is 160 Å². The van der Waals surface area contributed by atoms with E-state index in [1.165, 1.54) is 0 Å². The van der Waals surface area contributed by atoms with Gasteiger partial charge in [-0.25, -0.2) is 0 Å². The average Bonchev–Trinajstić information content (AvgIpc) is 2.71. The van der Waals surface area contributed by atoms with Crippen LogP contribution in [0.3, 0.4) is 0 Å². The maximum atomic E-state index is 12.5. The molecule has 3 rings (SSSR count). The van der Waals surface area contributed by atoms with Gasteiger partial charge in [0.2, 0.25) is 5.91 Å². The monoisotopic (exact) mass is 363 g/mol. The molecule has 0 N–H and O–H groups in total. The fourth-order valence-corrected chi connectivity index (χ4v) is 3.39. The number of hydrogen-bond donors (Lipinski definition) is 0. The van der Waals surface area contributed by atoms with Gasteiger partial charge in [-0.15, -0.1) is 0 Å². The molecule has 0 spiro atoms. The van der Waals surface area contributed by atoms with Crippen molar-refractivity contribution in [3.63, 3.8) is 0 Å². The summed E-state index contributed by atoms with van der Waals surface area (Å²) in [6.07, 6.45) is 0.432. The maximum absolute atomic E-state index is 12.5. The number of ether oxygens (including phenoxy) is 1. The second kappa shape index (κ2) is 9.20. The molecule has 0 aromatic heterocycles. The van der Waals surface area contributed by atoms with E-state index in [1.807, 2.05) is 66.4 Å². The van der Waals surface area contributed by atoms with Crippen LogP contribution in [-0.2, 0) is 11.2 Å². The van der Waals surface area contributed by atoms with Gasteiger partial charge in [-0.1, -0.05) is 42.5 Å². The van der Waals surface area contributed by atoms with E-state index in [2.05, 4.69) is 11.0 Å². The quantitative estimate of drug-likeness (QED) is 0.792. The number of carbonyl (C=O) groups is 1. The lowest BCUT2D eigenvalue weighted by Crippen LogP contribution is -2.49. The van der Waals surface area contributed by atoms with E-state index < -0.39 is 0 Å². The van der Waals surface area contributed by atoms with Gasteiger partial charge in [-0.3, -0.25) is 9.69 Å². The summed E-state index contributed by atoms with van der Waals surface area (Å²) in [5.41, 5.74) is 2.00. The van der Waals surface area contributed by atoms with Crippen molar-refractivity contribution in [2.24, 2.45) is 0 Å². The van der Waals surface area contributed by atoms with Crippen LogP contribution in [0.1, 0.15) is 24.1 Å². The summed E-state index contributed by atoms with van der Waals surface area (Å²) in [6, 6.07) is 19.6. The van der Waals surface area contributed by atoms with E-state index in [9.17, 15) is 10.1 Å². The predicted molar refractivity (Wildman–Crippen MR) is 104 cm³/mol. The van der Waals surface area contributed by atoms with Crippen LogP contribution in [0.15, 0.2) is 54.6 Å². The SMILES string of the molecule is CCOc1ccc(C(C#N)N2CCN(C(=O)Cc3ccccc3)CC2)cc1. The third-order valence-corrected chi connectivity index (χ3v) is 4.86. The first kappa shape index (κ1) is 18.9. The molecule has 27 heavy (non-hydrogen) atoms. The Bertz CT molecular complexity index is 775. The highest BCUT2D eigenvalue weighted by Gasteiger charge is 2.27. The molecule has 0 aliphatic carbocycles. The topological polar surface area (TPSA) is 56.6 Å². The summed E-state index contributed by atoms with van der Waals surface area (Å²) in [4.78, 5) is 16.6. The Balaban J connectivity index is 1.57. The van der Waals surface area contributed by atoms with Crippen molar-refractivity contribution in [2.75, 3.05) is 32.8 Å². The minimum absolute atomic E-state index is 0.149. The molecule has 5 heteroatoms. The maximum Gasteiger partial charge on any atom is 0.227 e. The summed E-state index contributed by atoms with van der Waals surface area (Å²) in [7, 11) is 0. The van der Waals surface area contributed by atoms with E-state index in [0.717, 1.165) is 16.9 Å². The van der Waals surface area contributed by atoms with E-state index in [1.54, 1.807) is 0 Å². The molecule has 1 saturated heterocycles. The molecule has 140 valence electrons. The van der Waals surface area contributed by atoms with E-state index in [0.29, 0.717) is 39.2 Å². The van der Waals surface area contributed by atoms with Crippen LogP contribution < -0.4 is 4.74 Å². The van der Waals surface area contributed by atoms with Crippen LogP contribution in [0.2, 0.25) is 0 Å². The Kier molecular flexibility index (Phi) is 6.45. The molecule has 0 saturated carbocycles. The molecule has 0 bridgehead atoms. The average molecular weight is 363 g/mol. The van der Waals surface area contributed by atoms with Crippen LogP contribution in [-0.4, -0.2) is 48.5 Å². The Morgan fingerprint density at radius 3 is 2.33 bits per heavy atom. The zero-order valence-electron chi connectivity index (χ0n) is 15.7. The largest absolute Gasteiger partial charge is 0.494 e. The molecular formula is C22H25N3O2. The molecule has 1 aliphatic rings. The number of nitrogens with zero attached hydrogens (tertiary/aromatic N) is 3. The number of hydrogen-bond acceptors (Lipinski definition) is 4. The minimum atomic E-state index is -0.299. The van der Waals surface area contributed by atoms with Crippen molar-refractivity contribution < 1.29 is 9.53 Å². The first-order valence-electron chi connectivity index (χ1n) is 9.39. The highest BCUT2D eigenvalue weighted by Crippen LogP contribution is 2.24. The van der Waals surface area contributed by atoms with Gasteiger partial charge in [0.25, 0.3) is 0 Å². The van der Waals surface area contributed by atoms with Gasteiger partial charge < -0.3 is 9.64 Å². The zero-order valence-corrected chi connectivity index (χ0v) is 15.7. The van der Waals surface area contributed by atoms with E-state index in [4.69, 9.17) is 4.74 Å². The number of benzene rings is 2. The molecule has 1 amide bonds. The summed E-state index contributed by atoms with van der Waals surface area (Å²) >= 11 is 0. The molecular weight excluding hydrogens is 338 g/mol. The van der Waals surface area contributed by atoms with Crippen LogP contribution in [0.4, 0.5) is 0 Å². The van der Waals surface area contributed by atoms with Gasteiger partial charge in [-0.2, -0.15) is 5.26 Å². The highest BCUT2D eigenvalue weighted by molar-refractivity contribution is 5.78. The molecule has 2 aromatic carbocycles. The van der Waals surface area contributed by atoms with Crippen molar-refractivity contribution in [1.29, 1.82) is 5.26 Å². The standard InChI is InChI=1S/C22H25N3O2/c1-2-27-20-10-8-19(9-11-20)21(17-23)24-12-14-25(15-13-24)22(26)16-18-6-4-3-5-7-18/h3-11,21H,2,12-16H2,1H3. The summed E-state index contributed by atoms with van der Waals surface area (Å²) in [6.45, 7) is 5.28. The van der Waals surface area contributed by atoms with Gasteiger partial charge in [0.1, 0.15) is 11.8 Å². The zero-order chi connectivity index (χ0) is 19.1. The first-order valence-corrected chi connectivity index (χ1v) is 9.39. The van der Waals surface area contributed by atoms with Crippen LogP contribution in [0.25, 0.3) is 0 Å². The Morgan fingerprint density at radius 2 is 1.74 bits per heavy atom. The normalized spacial score (nSPS) is 15.8. The molecule has 1 fully saturated rings. The van der Waals surface area contributed by atoms with Crippen molar-refractivity contribution >= 4 is 5.91 Å². The van der Waals surface area contributed by atoms with Gasteiger partial charge >= 0.3 is 0 Å². The lowest BCUT2D eigenvalue weighted by molar-refractivity contribution is -0.132. The first-order chi connectivity index (χ1) is 13.2. The lowest BCUT2D eigenvalue weighted by atomic mass is 10.1. The smallest absolute Gasteiger partial charge is 0.227 e. The molecule has 1 atom stereocenters. The second-order valence-corrected chi connectivity index (χ2v) is 6.61. The molecule has 1 unspecified atom stereocenters. The summed E-state index contributed by atoms with van der Waals surface area (Å²) in [5, 5.41) is 9.67. The lowest BCUT2D eigenvalue weighted by Gasteiger charge is -2.37. The molecule has 1 heterocycles. The molecule has 2 aromatic rings. The highest BCUT2D eigenvalue weighted by atomic mass is 16.5. The molecule has 0 radical (unpaired) electrons. The van der Waals surface area contributed by atoms with Crippen molar-refractivity contribution in [3.8, 4) is 11.8 Å². The Morgan fingerprint density at radius 1 is 1.07 bits per heavy atom. The van der Waals surface area contributed by atoms with Crippen molar-refractivity contribution in [3.05, 3.63) is 65.7 Å². The molecule has 5 nitrogen and oxygen atoms in total. The number of piperazine rings is 1. The minimum Gasteiger partial charge on any atom is -0.494 e. The number of amides is 1. The van der Waals surface area contributed by atoms with Crippen LogP contribution in [0.5, 0.6) is 5.75 Å². The van der Waals surface area contributed by atoms with E-state index in [-0.39, 0.29) is 11.9 Å². The van der Waals surface area contributed by atoms with Crippen molar-refractivity contribution in [2.45, 2.75) is 19.4 Å². The third-order valence-electron chi connectivity index (χ3n) is 4.86. The second-order valence-electron chi connectivity index (χ2n) is 6.61. The van der Waals surface area contributed by atoms with Gasteiger partial charge in [0.15, 0.2) is 0 Å². The predicted octanol–water partition coefficient (Wildman–Crippen LogP) is 3.04. The molecule has 1 aliphatic heterocycles. The van der Waals surface area contributed by atoms with Gasteiger partial charge in [0, 0.05) is 26.2 Å². The van der Waals surface area contributed by atoms with Crippen LogP contribution >= 0.6 is 0 Å².